The molecule has 0 bridgehead atoms. The fourth-order valence-corrected chi connectivity index (χ4v) is 6.46. The minimum absolute atomic E-state index is 0.0447. The summed E-state index contributed by atoms with van der Waals surface area (Å²) in [5.74, 6) is 0.179. The van der Waals surface area contributed by atoms with Crippen molar-refractivity contribution in [2.24, 2.45) is 0 Å². The SMILES string of the molecule is COc1ccc(-c2ccc(S(=O)(=O)N(CCc3ccc4ccccc4c3C(=O)OC(C)(C)C)C(=O)OCc3ccccc3)cc2)cc1. The van der Waals surface area contributed by atoms with Crippen molar-refractivity contribution in [3.63, 3.8) is 0 Å². The molecule has 8 nitrogen and oxygen atoms in total. The summed E-state index contributed by atoms with van der Waals surface area (Å²) in [7, 11) is -2.78. The molecule has 9 heteroatoms. The molecule has 1 amide bonds. The Balaban J connectivity index is 1.47. The molecule has 242 valence electrons. The van der Waals surface area contributed by atoms with Crippen LogP contribution in [0.5, 0.6) is 5.75 Å². The predicted octanol–water partition coefficient (Wildman–Crippen LogP) is 8.04. The second-order valence-corrected chi connectivity index (χ2v) is 13.8. The van der Waals surface area contributed by atoms with Crippen LogP contribution in [0.15, 0.2) is 120 Å². The monoisotopic (exact) mass is 651 g/mol. The minimum atomic E-state index is -4.37. The number of carbonyl (C=O) groups excluding carboxylic acids is 2. The van der Waals surface area contributed by atoms with Gasteiger partial charge in [-0.05, 0) is 84.5 Å². The van der Waals surface area contributed by atoms with Gasteiger partial charge < -0.3 is 14.2 Å². The number of rotatable bonds is 10. The number of benzene rings is 5. The second-order valence-electron chi connectivity index (χ2n) is 11.9. The lowest BCUT2D eigenvalue weighted by Gasteiger charge is -2.24. The number of esters is 1. The molecule has 0 radical (unpaired) electrons. The number of fused-ring (bicyclic) bond motifs is 1. The van der Waals surface area contributed by atoms with E-state index < -0.39 is 27.7 Å². The van der Waals surface area contributed by atoms with Crippen LogP contribution >= 0.6 is 0 Å². The maximum absolute atomic E-state index is 14.1. The maximum Gasteiger partial charge on any atom is 0.424 e. The fourth-order valence-electron chi connectivity index (χ4n) is 5.15. The first-order valence-electron chi connectivity index (χ1n) is 15.2. The average molecular weight is 652 g/mol. The number of hydrogen-bond donors (Lipinski definition) is 0. The number of carbonyl (C=O) groups is 2. The standard InChI is InChI=1S/C38H37NO7S/c1-38(2,3)46-36(40)35-31(15-14-30-12-8-9-13-34(30)35)24-25-39(37(41)45-26-27-10-6-5-7-11-27)47(42,43)33-22-18-29(19-23-33)28-16-20-32(44-4)21-17-28/h5-23H,24-26H2,1-4H3. The van der Waals surface area contributed by atoms with Gasteiger partial charge >= 0.3 is 12.1 Å². The zero-order valence-corrected chi connectivity index (χ0v) is 27.6. The maximum atomic E-state index is 14.1. The molecule has 0 fully saturated rings. The number of ether oxygens (including phenoxy) is 3. The molecule has 5 rings (SSSR count). The minimum Gasteiger partial charge on any atom is -0.497 e. The largest absolute Gasteiger partial charge is 0.497 e. The highest BCUT2D eigenvalue weighted by molar-refractivity contribution is 7.89. The van der Waals surface area contributed by atoms with E-state index in [1.807, 2.05) is 60.7 Å². The van der Waals surface area contributed by atoms with Gasteiger partial charge in [0, 0.05) is 6.54 Å². The van der Waals surface area contributed by atoms with Crippen LogP contribution in [0.4, 0.5) is 4.79 Å². The molecule has 47 heavy (non-hydrogen) atoms. The predicted molar refractivity (Wildman–Crippen MR) is 182 cm³/mol. The van der Waals surface area contributed by atoms with E-state index in [0.717, 1.165) is 20.8 Å². The Bertz CT molecular complexity index is 1970. The molecule has 0 aliphatic rings. The van der Waals surface area contributed by atoms with Crippen molar-refractivity contribution in [2.45, 2.75) is 44.3 Å². The molecule has 0 unspecified atom stereocenters. The third kappa shape index (κ3) is 7.99. The molecule has 0 heterocycles. The number of hydrogen-bond acceptors (Lipinski definition) is 7. The summed E-state index contributed by atoms with van der Waals surface area (Å²) in [5.41, 5.74) is 2.51. The molecule has 0 aromatic heterocycles. The Labute approximate surface area is 275 Å². The number of amides is 1. The Morgan fingerprint density at radius 2 is 1.36 bits per heavy atom. The summed E-state index contributed by atoms with van der Waals surface area (Å²) in [6, 6.07) is 33.8. The van der Waals surface area contributed by atoms with Gasteiger partial charge in [-0.1, -0.05) is 91.0 Å². The highest BCUT2D eigenvalue weighted by atomic mass is 32.2. The van der Waals surface area contributed by atoms with Gasteiger partial charge in [0.05, 0.1) is 17.6 Å². The van der Waals surface area contributed by atoms with E-state index in [4.69, 9.17) is 14.2 Å². The number of sulfonamides is 1. The average Bonchev–Trinajstić information content (AvgIpc) is 3.07. The number of methoxy groups -OCH3 is 1. The molecule has 5 aromatic carbocycles. The lowest BCUT2D eigenvalue weighted by atomic mass is 9.96. The Hall–Kier alpha value is -5.15. The quantitative estimate of drug-likeness (QED) is 0.141. The molecular weight excluding hydrogens is 614 g/mol. The second kappa shape index (κ2) is 14.1. The van der Waals surface area contributed by atoms with Gasteiger partial charge in [-0.15, -0.1) is 0 Å². The molecule has 0 spiro atoms. The van der Waals surface area contributed by atoms with Crippen molar-refractivity contribution in [3.05, 3.63) is 132 Å². The van der Waals surface area contributed by atoms with Crippen LogP contribution in [-0.4, -0.2) is 44.0 Å². The van der Waals surface area contributed by atoms with Gasteiger partial charge in [0.2, 0.25) is 0 Å². The third-order valence-electron chi connectivity index (χ3n) is 7.48. The van der Waals surface area contributed by atoms with Crippen molar-refractivity contribution in [1.29, 1.82) is 0 Å². The van der Waals surface area contributed by atoms with Crippen molar-refractivity contribution < 1.29 is 32.2 Å². The van der Waals surface area contributed by atoms with E-state index in [2.05, 4.69) is 0 Å². The highest BCUT2D eigenvalue weighted by Gasteiger charge is 2.32. The van der Waals surface area contributed by atoms with E-state index in [-0.39, 0.29) is 24.5 Å². The van der Waals surface area contributed by atoms with Crippen molar-refractivity contribution >= 4 is 32.9 Å². The smallest absolute Gasteiger partial charge is 0.424 e. The molecule has 0 atom stereocenters. The fraction of sp³-hybridized carbons (Fsp3) is 0.211. The van der Waals surface area contributed by atoms with Crippen LogP contribution < -0.4 is 4.74 Å². The summed E-state index contributed by atoms with van der Waals surface area (Å²) < 4.78 is 45.4. The zero-order chi connectivity index (χ0) is 33.6. The van der Waals surface area contributed by atoms with Crippen LogP contribution in [-0.2, 0) is 32.5 Å². The highest BCUT2D eigenvalue weighted by Crippen LogP contribution is 2.28. The first kappa shape index (κ1) is 33.2. The molecule has 0 aliphatic carbocycles. The van der Waals surface area contributed by atoms with Gasteiger partial charge in [0.1, 0.15) is 18.0 Å². The summed E-state index contributed by atoms with van der Waals surface area (Å²) in [4.78, 5) is 27.0. The van der Waals surface area contributed by atoms with Crippen LogP contribution in [0, 0.1) is 0 Å². The summed E-state index contributed by atoms with van der Waals surface area (Å²) >= 11 is 0. The molecule has 0 saturated heterocycles. The molecular formula is C38H37NO7S. The Morgan fingerprint density at radius 1 is 0.745 bits per heavy atom. The lowest BCUT2D eigenvalue weighted by Crippen LogP contribution is -2.39. The van der Waals surface area contributed by atoms with E-state index in [0.29, 0.717) is 27.8 Å². The topological polar surface area (TPSA) is 99.2 Å². The van der Waals surface area contributed by atoms with Crippen molar-refractivity contribution in [2.75, 3.05) is 13.7 Å². The van der Waals surface area contributed by atoms with Gasteiger partial charge in [-0.25, -0.2) is 22.3 Å². The lowest BCUT2D eigenvalue weighted by molar-refractivity contribution is 0.00706. The Kier molecular flexibility index (Phi) is 9.96. The normalized spacial score (nSPS) is 11.6. The van der Waals surface area contributed by atoms with Gasteiger partial charge in [-0.3, -0.25) is 0 Å². The van der Waals surface area contributed by atoms with E-state index >= 15 is 0 Å². The van der Waals surface area contributed by atoms with E-state index in [1.165, 1.54) is 12.1 Å². The van der Waals surface area contributed by atoms with Crippen LogP contribution in [0.2, 0.25) is 0 Å². The molecule has 0 saturated carbocycles. The summed E-state index contributed by atoms with van der Waals surface area (Å²) in [5, 5.41) is 1.51. The zero-order valence-electron chi connectivity index (χ0n) is 26.8. The first-order chi connectivity index (χ1) is 22.5. The Morgan fingerprint density at radius 3 is 2.00 bits per heavy atom. The summed E-state index contributed by atoms with van der Waals surface area (Å²) in [6.07, 6.45) is -0.976. The third-order valence-corrected chi connectivity index (χ3v) is 9.26. The van der Waals surface area contributed by atoms with Crippen LogP contribution in [0.1, 0.15) is 42.3 Å². The summed E-state index contributed by atoms with van der Waals surface area (Å²) in [6.45, 7) is 4.97. The van der Waals surface area contributed by atoms with Gasteiger partial charge in [0.15, 0.2) is 0 Å². The van der Waals surface area contributed by atoms with E-state index in [1.54, 1.807) is 70.3 Å². The van der Waals surface area contributed by atoms with Crippen LogP contribution in [0.25, 0.3) is 21.9 Å². The van der Waals surface area contributed by atoms with Gasteiger partial charge in [-0.2, -0.15) is 0 Å². The van der Waals surface area contributed by atoms with Crippen molar-refractivity contribution in [3.8, 4) is 16.9 Å². The van der Waals surface area contributed by atoms with Crippen LogP contribution in [0.3, 0.4) is 0 Å². The van der Waals surface area contributed by atoms with Gasteiger partial charge in [0.25, 0.3) is 10.0 Å². The first-order valence-corrected chi connectivity index (χ1v) is 16.6. The number of nitrogens with zero attached hydrogens (tertiary/aromatic N) is 1. The van der Waals surface area contributed by atoms with E-state index in [9.17, 15) is 18.0 Å². The molecule has 0 aliphatic heterocycles. The van der Waals surface area contributed by atoms with Crippen molar-refractivity contribution in [1.82, 2.24) is 4.31 Å². The molecule has 0 N–H and O–H groups in total. The molecule has 5 aromatic rings.